The van der Waals surface area contributed by atoms with E-state index in [1.165, 1.54) is 11.8 Å². The second-order valence-electron chi connectivity index (χ2n) is 8.55. The molecule has 0 aliphatic carbocycles. The van der Waals surface area contributed by atoms with Crippen LogP contribution in [0.3, 0.4) is 0 Å². The fourth-order valence-electron chi connectivity index (χ4n) is 3.33. The maximum absolute atomic E-state index is 10.6. The lowest BCUT2D eigenvalue weighted by Crippen LogP contribution is -2.24. The Labute approximate surface area is 161 Å². The fraction of sp³-hybridized carbons (Fsp3) is 0.364. The van der Waals surface area contributed by atoms with Gasteiger partial charge in [0.1, 0.15) is 11.5 Å². The lowest BCUT2D eigenvalue weighted by Gasteiger charge is -2.33. The number of carbonyl (C=O) groups excluding carboxylic acids is 1. The van der Waals surface area contributed by atoms with Gasteiger partial charge in [0.25, 0.3) is 0 Å². The third kappa shape index (κ3) is 6.77. The summed E-state index contributed by atoms with van der Waals surface area (Å²) in [7, 11) is 0. The molecule has 5 nitrogen and oxygen atoms in total. The van der Waals surface area contributed by atoms with Gasteiger partial charge in [-0.1, -0.05) is 46.8 Å². The van der Waals surface area contributed by atoms with E-state index in [0.29, 0.717) is 0 Å². The minimum Gasteiger partial charge on any atom is -0.457 e. The second-order valence-corrected chi connectivity index (χ2v) is 8.55. The van der Waals surface area contributed by atoms with E-state index >= 15 is 0 Å². The minimum absolute atomic E-state index is 0.108. The van der Waals surface area contributed by atoms with Crippen LogP contribution in [-0.4, -0.2) is 12.2 Å². The van der Waals surface area contributed by atoms with Crippen LogP contribution in [0.5, 0.6) is 11.5 Å². The number of amides is 2. The first-order valence-corrected chi connectivity index (χ1v) is 9.02. The summed E-state index contributed by atoms with van der Waals surface area (Å²) in [5.41, 5.74) is 9.62. The fourth-order valence-corrected chi connectivity index (χ4v) is 3.33. The van der Waals surface area contributed by atoms with E-state index < -0.39 is 6.03 Å². The number of primary amides is 1. The molecule has 0 bridgehead atoms. The van der Waals surface area contributed by atoms with Crippen molar-refractivity contribution >= 4 is 12.2 Å². The standard InChI is InChI=1S/C22H29N3O2/c1-21(2,3)15-22(4,5)17-8-12-19(13-9-17)27-18-10-6-16(7-11-18)14-24-25-20(23)26/h6-14H,15H2,1-5H3,(H3,23,25,26)/b24-14+. The van der Waals surface area contributed by atoms with Crippen molar-refractivity contribution in [1.82, 2.24) is 5.43 Å². The van der Waals surface area contributed by atoms with Gasteiger partial charge in [0, 0.05) is 0 Å². The summed E-state index contributed by atoms with van der Waals surface area (Å²) >= 11 is 0. The van der Waals surface area contributed by atoms with Crippen molar-refractivity contribution in [3.8, 4) is 11.5 Å². The van der Waals surface area contributed by atoms with E-state index in [-0.39, 0.29) is 10.8 Å². The number of urea groups is 1. The smallest absolute Gasteiger partial charge is 0.332 e. The quantitative estimate of drug-likeness (QED) is 0.544. The third-order valence-electron chi connectivity index (χ3n) is 4.11. The molecule has 0 aliphatic heterocycles. The summed E-state index contributed by atoms with van der Waals surface area (Å²) in [6.07, 6.45) is 2.62. The minimum atomic E-state index is -0.694. The van der Waals surface area contributed by atoms with Crippen LogP contribution in [0.25, 0.3) is 0 Å². The number of ether oxygens (including phenoxy) is 1. The number of carbonyl (C=O) groups is 1. The Morgan fingerprint density at radius 2 is 1.52 bits per heavy atom. The molecule has 0 spiro atoms. The van der Waals surface area contributed by atoms with Gasteiger partial charge >= 0.3 is 6.03 Å². The highest BCUT2D eigenvalue weighted by molar-refractivity contribution is 5.81. The van der Waals surface area contributed by atoms with Gasteiger partial charge in [0.05, 0.1) is 6.21 Å². The van der Waals surface area contributed by atoms with Crippen LogP contribution in [0.4, 0.5) is 4.79 Å². The van der Waals surface area contributed by atoms with Gasteiger partial charge in [0.2, 0.25) is 0 Å². The maximum Gasteiger partial charge on any atom is 0.332 e. The number of nitrogens with zero attached hydrogens (tertiary/aromatic N) is 1. The van der Waals surface area contributed by atoms with Crippen LogP contribution in [0.1, 0.15) is 52.2 Å². The van der Waals surface area contributed by atoms with Crippen LogP contribution in [-0.2, 0) is 5.41 Å². The molecule has 2 amide bonds. The van der Waals surface area contributed by atoms with E-state index in [0.717, 1.165) is 23.5 Å². The lowest BCUT2D eigenvalue weighted by atomic mass is 9.72. The van der Waals surface area contributed by atoms with E-state index in [9.17, 15) is 4.79 Å². The highest BCUT2D eigenvalue weighted by Crippen LogP contribution is 2.37. The van der Waals surface area contributed by atoms with Gasteiger partial charge in [-0.2, -0.15) is 5.10 Å². The van der Waals surface area contributed by atoms with Crippen molar-refractivity contribution in [3.05, 3.63) is 59.7 Å². The number of rotatable bonds is 6. The van der Waals surface area contributed by atoms with Gasteiger partial charge in [0.15, 0.2) is 0 Å². The molecule has 0 heterocycles. The topological polar surface area (TPSA) is 76.7 Å². The van der Waals surface area contributed by atoms with E-state index in [1.54, 1.807) is 0 Å². The van der Waals surface area contributed by atoms with Gasteiger partial charge in [-0.25, -0.2) is 10.2 Å². The van der Waals surface area contributed by atoms with Gasteiger partial charge in [-0.05, 0) is 64.8 Å². The number of nitrogens with two attached hydrogens (primary N) is 1. The first kappa shape index (κ1) is 20.5. The van der Waals surface area contributed by atoms with Gasteiger partial charge in [-0.3, -0.25) is 0 Å². The first-order chi connectivity index (χ1) is 12.5. The van der Waals surface area contributed by atoms with E-state index in [1.807, 2.05) is 36.4 Å². The summed E-state index contributed by atoms with van der Waals surface area (Å²) in [6, 6.07) is 15.0. The molecular weight excluding hydrogens is 338 g/mol. The van der Waals surface area contributed by atoms with E-state index in [2.05, 4.69) is 57.3 Å². The molecule has 0 aromatic heterocycles. The van der Waals surface area contributed by atoms with Crippen LogP contribution >= 0.6 is 0 Å². The number of hydrogen-bond donors (Lipinski definition) is 2. The Bertz CT molecular complexity index is 786. The number of benzene rings is 2. The molecule has 0 radical (unpaired) electrons. The molecule has 0 saturated carbocycles. The van der Waals surface area contributed by atoms with Crippen LogP contribution in [0, 0.1) is 5.41 Å². The summed E-state index contributed by atoms with van der Waals surface area (Å²) in [5.74, 6) is 1.53. The van der Waals surface area contributed by atoms with Crippen molar-refractivity contribution in [2.75, 3.05) is 0 Å². The average molecular weight is 367 g/mol. The molecule has 2 aromatic carbocycles. The molecular formula is C22H29N3O2. The molecule has 0 unspecified atom stereocenters. The van der Waals surface area contributed by atoms with Crippen molar-refractivity contribution in [2.24, 2.45) is 16.3 Å². The largest absolute Gasteiger partial charge is 0.457 e. The molecule has 0 atom stereocenters. The molecule has 3 N–H and O–H groups in total. The van der Waals surface area contributed by atoms with Crippen LogP contribution in [0.15, 0.2) is 53.6 Å². The van der Waals surface area contributed by atoms with Crippen LogP contribution in [0.2, 0.25) is 0 Å². The Morgan fingerprint density at radius 3 is 2.00 bits per heavy atom. The summed E-state index contributed by atoms with van der Waals surface area (Å²) in [4.78, 5) is 10.6. The number of hydrogen-bond acceptors (Lipinski definition) is 3. The molecule has 0 saturated heterocycles. The average Bonchev–Trinajstić information content (AvgIpc) is 2.54. The Hall–Kier alpha value is -2.82. The zero-order valence-corrected chi connectivity index (χ0v) is 16.7. The lowest BCUT2D eigenvalue weighted by molar-refractivity contribution is 0.249. The predicted molar refractivity (Wildman–Crippen MR) is 110 cm³/mol. The SMILES string of the molecule is CC(C)(C)CC(C)(C)c1ccc(Oc2ccc(/C=N/NC(N)=O)cc2)cc1. The monoisotopic (exact) mass is 367 g/mol. The van der Waals surface area contributed by atoms with Crippen molar-refractivity contribution < 1.29 is 9.53 Å². The molecule has 2 aromatic rings. The third-order valence-corrected chi connectivity index (χ3v) is 4.11. The molecule has 144 valence electrons. The van der Waals surface area contributed by atoms with Crippen molar-refractivity contribution in [1.29, 1.82) is 0 Å². The Balaban J connectivity index is 2.02. The predicted octanol–water partition coefficient (Wildman–Crippen LogP) is 5.19. The molecule has 0 aliphatic rings. The molecule has 27 heavy (non-hydrogen) atoms. The number of nitrogens with one attached hydrogen (secondary N) is 1. The zero-order valence-electron chi connectivity index (χ0n) is 16.7. The van der Waals surface area contributed by atoms with Crippen molar-refractivity contribution in [3.63, 3.8) is 0 Å². The van der Waals surface area contributed by atoms with Crippen LogP contribution < -0.4 is 15.9 Å². The second kappa shape index (κ2) is 8.25. The summed E-state index contributed by atoms with van der Waals surface area (Å²) in [5, 5.41) is 3.72. The summed E-state index contributed by atoms with van der Waals surface area (Å²) < 4.78 is 5.91. The highest BCUT2D eigenvalue weighted by Gasteiger charge is 2.27. The Kier molecular flexibility index (Phi) is 6.26. The highest BCUT2D eigenvalue weighted by atomic mass is 16.5. The molecule has 0 fully saturated rings. The Morgan fingerprint density at radius 1 is 1.00 bits per heavy atom. The maximum atomic E-state index is 10.6. The first-order valence-electron chi connectivity index (χ1n) is 9.02. The van der Waals surface area contributed by atoms with E-state index in [4.69, 9.17) is 10.5 Å². The summed E-state index contributed by atoms with van der Waals surface area (Å²) in [6.45, 7) is 11.4. The number of hydrazone groups is 1. The van der Waals surface area contributed by atoms with Gasteiger partial charge < -0.3 is 10.5 Å². The molecule has 5 heteroatoms. The molecule has 2 rings (SSSR count). The zero-order chi connectivity index (χ0) is 20.1. The van der Waals surface area contributed by atoms with Crippen molar-refractivity contribution in [2.45, 2.75) is 46.5 Å². The van der Waals surface area contributed by atoms with Gasteiger partial charge in [-0.15, -0.1) is 0 Å². The normalized spacial score (nSPS) is 12.2.